The molecule has 0 heterocycles. The van der Waals surface area contributed by atoms with Gasteiger partial charge in [0.2, 0.25) is 0 Å². The largest absolute Gasteiger partial charge is 0.506 e. The Morgan fingerprint density at radius 3 is 2.57 bits per heavy atom. The Morgan fingerprint density at radius 2 is 1.95 bits per heavy atom. The normalized spacial score (nSPS) is 10.4. The second-order valence-corrected chi connectivity index (χ2v) is 4.81. The van der Waals surface area contributed by atoms with Gasteiger partial charge in [0.25, 0.3) is 5.91 Å². The molecule has 0 unspecified atom stereocenters. The van der Waals surface area contributed by atoms with Crippen LogP contribution in [-0.2, 0) is 0 Å². The number of halogens is 1. The lowest BCUT2D eigenvalue weighted by molar-refractivity contribution is 0.0981. The lowest BCUT2D eigenvalue weighted by Gasteiger charge is -2.23. The van der Waals surface area contributed by atoms with Gasteiger partial charge in [-0.1, -0.05) is 23.7 Å². The van der Waals surface area contributed by atoms with Crippen LogP contribution in [0.25, 0.3) is 0 Å². The highest BCUT2D eigenvalue weighted by molar-refractivity contribution is 6.32. The van der Waals surface area contributed by atoms with Crippen LogP contribution >= 0.6 is 11.6 Å². The van der Waals surface area contributed by atoms with Crippen molar-refractivity contribution in [1.29, 1.82) is 0 Å². The van der Waals surface area contributed by atoms with Crippen LogP contribution in [0.5, 0.6) is 5.75 Å². The topological polar surface area (TPSA) is 86.8 Å². The van der Waals surface area contributed by atoms with E-state index in [-0.39, 0.29) is 29.8 Å². The molecule has 5 nitrogen and oxygen atoms in total. The Labute approximate surface area is 127 Å². The van der Waals surface area contributed by atoms with Gasteiger partial charge in [0, 0.05) is 12.1 Å². The minimum absolute atomic E-state index is 0.0887. The first-order valence-electron chi connectivity index (χ1n) is 6.30. The average molecular weight is 307 g/mol. The SMILES string of the molecule is Nc1ccccc1N(CCO)C(=O)c1ccc(O)c(Cl)c1. The summed E-state index contributed by atoms with van der Waals surface area (Å²) < 4.78 is 0. The molecule has 0 aromatic heterocycles. The molecule has 0 bridgehead atoms. The highest BCUT2D eigenvalue weighted by Crippen LogP contribution is 2.27. The fourth-order valence-corrected chi connectivity index (χ4v) is 2.14. The van der Waals surface area contributed by atoms with Crippen molar-refractivity contribution in [2.45, 2.75) is 0 Å². The van der Waals surface area contributed by atoms with Crippen LogP contribution in [0.15, 0.2) is 42.5 Å². The van der Waals surface area contributed by atoms with Gasteiger partial charge in [0.05, 0.1) is 23.0 Å². The number of phenols is 1. The van der Waals surface area contributed by atoms with E-state index in [1.807, 2.05) is 0 Å². The second-order valence-electron chi connectivity index (χ2n) is 4.41. The van der Waals surface area contributed by atoms with E-state index in [1.54, 1.807) is 24.3 Å². The zero-order valence-corrected chi connectivity index (χ0v) is 11.9. The monoisotopic (exact) mass is 306 g/mol. The van der Waals surface area contributed by atoms with Crippen molar-refractivity contribution >= 4 is 28.9 Å². The number of rotatable bonds is 4. The number of amides is 1. The number of hydrogen-bond acceptors (Lipinski definition) is 4. The average Bonchev–Trinajstić information content (AvgIpc) is 2.48. The molecule has 0 radical (unpaired) electrons. The highest BCUT2D eigenvalue weighted by Gasteiger charge is 2.19. The van der Waals surface area contributed by atoms with Crippen LogP contribution in [-0.4, -0.2) is 29.3 Å². The van der Waals surface area contributed by atoms with Crippen LogP contribution in [0.4, 0.5) is 11.4 Å². The maximum Gasteiger partial charge on any atom is 0.258 e. The third-order valence-corrected chi connectivity index (χ3v) is 3.29. The first kappa shape index (κ1) is 15.2. The molecule has 0 aliphatic rings. The summed E-state index contributed by atoms with van der Waals surface area (Å²) in [7, 11) is 0. The Kier molecular flexibility index (Phi) is 4.67. The van der Waals surface area contributed by atoms with Gasteiger partial charge in [-0.3, -0.25) is 4.79 Å². The standard InChI is InChI=1S/C15H15ClN2O3/c16-11-9-10(5-6-14(11)20)15(21)18(7-8-19)13-4-2-1-3-12(13)17/h1-6,9,19-20H,7-8,17H2. The molecule has 0 aliphatic heterocycles. The number of benzene rings is 2. The number of phenolic OH excluding ortho intramolecular Hbond substituents is 1. The van der Waals surface area contributed by atoms with Crippen LogP contribution < -0.4 is 10.6 Å². The summed E-state index contributed by atoms with van der Waals surface area (Å²) in [5, 5.41) is 18.7. The van der Waals surface area contributed by atoms with Gasteiger partial charge in [-0.05, 0) is 30.3 Å². The van der Waals surface area contributed by atoms with E-state index in [0.29, 0.717) is 16.9 Å². The zero-order chi connectivity index (χ0) is 15.4. The van der Waals surface area contributed by atoms with E-state index in [2.05, 4.69) is 0 Å². The van der Waals surface area contributed by atoms with Crippen molar-refractivity contribution in [3.8, 4) is 5.75 Å². The third kappa shape index (κ3) is 3.26. The molecule has 6 heteroatoms. The van der Waals surface area contributed by atoms with E-state index in [4.69, 9.17) is 17.3 Å². The molecule has 0 atom stereocenters. The maximum absolute atomic E-state index is 12.6. The molecular formula is C15H15ClN2O3. The number of carbonyl (C=O) groups excluding carboxylic acids is 1. The van der Waals surface area contributed by atoms with E-state index >= 15 is 0 Å². The number of aromatic hydroxyl groups is 1. The Morgan fingerprint density at radius 1 is 1.24 bits per heavy atom. The van der Waals surface area contributed by atoms with Crippen LogP contribution in [0.1, 0.15) is 10.4 Å². The van der Waals surface area contributed by atoms with Crippen LogP contribution in [0.2, 0.25) is 5.02 Å². The van der Waals surface area contributed by atoms with Crippen molar-refractivity contribution < 1.29 is 15.0 Å². The lowest BCUT2D eigenvalue weighted by atomic mass is 10.1. The van der Waals surface area contributed by atoms with Gasteiger partial charge in [-0.15, -0.1) is 0 Å². The minimum Gasteiger partial charge on any atom is -0.506 e. The van der Waals surface area contributed by atoms with Gasteiger partial charge < -0.3 is 20.8 Å². The smallest absolute Gasteiger partial charge is 0.258 e. The third-order valence-electron chi connectivity index (χ3n) is 2.99. The van der Waals surface area contributed by atoms with Gasteiger partial charge >= 0.3 is 0 Å². The molecule has 0 spiro atoms. The number of para-hydroxylation sites is 2. The number of nitrogens with zero attached hydrogens (tertiary/aromatic N) is 1. The fourth-order valence-electron chi connectivity index (χ4n) is 1.96. The molecule has 0 fully saturated rings. The predicted molar refractivity (Wildman–Crippen MR) is 82.7 cm³/mol. The molecule has 0 saturated carbocycles. The van der Waals surface area contributed by atoms with Gasteiger partial charge in [-0.2, -0.15) is 0 Å². The van der Waals surface area contributed by atoms with Gasteiger partial charge in [0.1, 0.15) is 5.75 Å². The number of nitrogen functional groups attached to an aromatic ring is 1. The molecule has 4 N–H and O–H groups in total. The number of aliphatic hydroxyl groups is 1. The van der Waals surface area contributed by atoms with Crippen LogP contribution in [0.3, 0.4) is 0 Å². The summed E-state index contributed by atoms with van der Waals surface area (Å²) in [6.07, 6.45) is 0. The molecule has 1 amide bonds. The molecule has 21 heavy (non-hydrogen) atoms. The quantitative estimate of drug-likeness (QED) is 0.756. The summed E-state index contributed by atoms with van der Waals surface area (Å²) in [4.78, 5) is 13.9. The summed E-state index contributed by atoms with van der Waals surface area (Å²) in [5.74, 6) is -0.454. The Balaban J connectivity index is 2.40. The zero-order valence-electron chi connectivity index (χ0n) is 11.2. The lowest BCUT2D eigenvalue weighted by Crippen LogP contribution is -2.34. The molecule has 0 saturated heterocycles. The molecule has 2 aromatic carbocycles. The summed E-state index contributed by atoms with van der Waals surface area (Å²) >= 11 is 5.82. The van der Waals surface area contributed by atoms with Crippen molar-refractivity contribution in [3.05, 3.63) is 53.1 Å². The number of hydrogen-bond donors (Lipinski definition) is 3. The molecule has 0 aliphatic carbocycles. The van der Waals surface area contributed by atoms with Crippen molar-refractivity contribution in [2.75, 3.05) is 23.8 Å². The summed E-state index contributed by atoms with van der Waals surface area (Å²) in [5.41, 5.74) is 7.13. The second kappa shape index (κ2) is 6.47. The van der Waals surface area contributed by atoms with Crippen LogP contribution in [0, 0.1) is 0 Å². The number of anilines is 2. The number of nitrogens with two attached hydrogens (primary N) is 1. The van der Waals surface area contributed by atoms with E-state index in [9.17, 15) is 15.0 Å². The Bertz CT molecular complexity index is 661. The summed E-state index contributed by atoms with van der Waals surface area (Å²) in [6, 6.07) is 11.1. The summed E-state index contributed by atoms with van der Waals surface area (Å²) in [6.45, 7) is -0.0998. The fraction of sp³-hybridized carbons (Fsp3) is 0.133. The first-order valence-corrected chi connectivity index (χ1v) is 6.68. The minimum atomic E-state index is -0.358. The van der Waals surface area contributed by atoms with E-state index in [1.165, 1.54) is 23.1 Å². The van der Waals surface area contributed by atoms with Crippen molar-refractivity contribution in [2.24, 2.45) is 0 Å². The predicted octanol–water partition coefficient (Wildman–Crippen LogP) is 2.27. The Hall–Kier alpha value is -2.24. The van der Waals surface area contributed by atoms with Gasteiger partial charge in [0.15, 0.2) is 0 Å². The number of carbonyl (C=O) groups is 1. The van der Waals surface area contributed by atoms with E-state index < -0.39 is 0 Å². The van der Waals surface area contributed by atoms with Gasteiger partial charge in [-0.25, -0.2) is 0 Å². The van der Waals surface area contributed by atoms with Crippen molar-refractivity contribution in [1.82, 2.24) is 0 Å². The molecular weight excluding hydrogens is 292 g/mol. The van der Waals surface area contributed by atoms with Crippen molar-refractivity contribution in [3.63, 3.8) is 0 Å². The number of aliphatic hydroxyl groups excluding tert-OH is 1. The molecule has 2 rings (SSSR count). The van der Waals surface area contributed by atoms with E-state index in [0.717, 1.165) is 0 Å². The molecule has 2 aromatic rings. The highest BCUT2D eigenvalue weighted by atomic mass is 35.5. The maximum atomic E-state index is 12.6. The first-order chi connectivity index (χ1) is 10.0. The molecule has 110 valence electrons.